The maximum absolute atomic E-state index is 12.9. The summed E-state index contributed by atoms with van der Waals surface area (Å²) in [6, 6.07) is 16.2. The van der Waals surface area contributed by atoms with Crippen LogP contribution in [0.15, 0.2) is 59.6 Å². The zero-order valence-corrected chi connectivity index (χ0v) is 16.1. The zero-order valence-electron chi connectivity index (χ0n) is 16.1. The van der Waals surface area contributed by atoms with E-state index in [0.29, 0.717) is 11.6 Å². The predicted molar refractivity (Wildman–Crippen MR) is 110 cm³/mol. The molecular weight excluding hydrogens is 357 g/mol. The third kappa shape index (κ3) is 5.79. The van der Waals surface area contributed by atoms with Gasteiger partial charge in [-0.15, -0.1) is 0 Å². The van der Waals surface area contributed by atoms with Crippen molar-refractivity contribution in [2.75, 3.05) is 45.1 Å². The smallest absolute Gasteiger partial charge is 0.243 e. The number of piperazine rings is 1. The number of nitrogens with one attached hydrogen (secondary N) is 2. The first-order chi connectivity index (χ1) is 13.6. The molecule has 28 heavy (non-hydrogen) atoms. The molecule has 0 atom stereocenters. The van der Waals surface area contributed by atoms with Crippen molar-refractivity contribution in [3.63, 3.8) is 0 Å². The van der Waals surface area contributed by atoms with Crippen LogP contribution in [0.25, 0.3) is 0 Å². The topological polar surface area (TPSA) is 60.0 Å². The molecule has 1 fully saturated rings. The molecule has 7 heteroatoms. The molecule has 6 nitrogen and oxygen atoms in total. The number of hydrogen-bond acceptors (Lipinski definition) is 3. The van der Waals surface area contributed by atoms with Gasteiger partial charge in [-0.3, -0.25) is 14.7 Å². The number of carbonyl (C=O) groups excluding carboxylic acids is 1. The van der Waals surface area contributed by atoms with Crippen LogP contribution in [-0.4, -0.2) is 61.4 Å². The van der Waals surface area contributed by atoms with Gasteiger partial charge in [0.25, 0.3) is 0 Å². The Morgan fingerprint density at radius 3 is 2.36 bits per heavy atom. The molecule has 1 saturated heterocycles. The lowest BCUT2D eigenvalue weighted by molar-refractivity contribution is -0.115. The fourth-order valence-corrected chi connectivity index (χ4v) is 3.19. The molecule has 0 spiro atoms. The Kier molecular flexibility index (Phi) is 6.97. The van der Waals surface area contributed by atoms with Crippen LogP contribution >= 0.6 is 0 Å². The number of nitrogens with zero attached hydrogens (tertiary/aromatic N) is 3. The summed E-state index contributed by atoms with van der Waals surface area (Å²) in [6.45, 7) is 4.64. The molecular formula is C21H26FN5O. The minimum absolute atomic E-state index is 0.105. The van der Waals surface area contributed by atoms with Crippen LogP contribution in [0.4, 0.5) is 10.1 Å². The Balaban J connectivity index is 1.43. The van der Waals surface area contributed by atoms with Crippen molar-refractivity contribution in [1.82, 2.24) is 15.1 Å². The molecule has 148 valence electrons. The van der Waals surface area contributed by atoms with Gasteiger partial charge in [0, 0.05) is 45.5 Å². The molecule has 2 aromatic carbocycles. The fraction of sp³-hybridized carbons (Fsp3) is 0.333. The summed E-state index contributed by atoms with van der Waals surface area (Å²) in [6.07, 6.45) is 0. The molecule has 1 aliphatic rings. The summed E-state index contributed by atoms with van der Waals surface area (Å²) in [7, 11) is 1.72. The van der Waals surface area contributed by atoms with Crippen molar-refractivity contribution in [2.45, 2.75) is 6.54 Å². The van der Waals surface area contributed by atoms with E-state index in [1.165, 1.54) is 29.8 Å². The summed E-state index contributed by atoms with van der Waals surface area (Å²) in [5, 5.41) is 5.84. The number of aliphatic imine (C=N–C) groups is 1. The van der Waals surface area contributed by atoms with Crippen LogP contribution in [-0.2, 0) is 11.3 Å². The van der Waals surface area contributed by atoms with E-state index in [1.807, 2.05) is 6.07 Å². The van der Waals surface area contributed by atoms with Crippen molar-refractivity contribution in [3.8, 4) is 0 Å². The number of halogens is 1. The van der Waals surface area contributed by atoms with Crippen LogP contribution in [0.1, 0.15) is 5.56 Å². The minimum atomic E-state index is -0.331. The first-order valence-corrected chi connectivity index (χ1v) is 9.41. The van der Waals surface area contributed by atoms with E-state index >= 15 is 0 Å². The van der Waals surface area contributed by atoms with Gasteiger partial charge in [-0.2, -0.15) is 0 Å². The van der Waals surface area contributed by atoms with E-state index in [2.05, 4.69) is 49.7 Å². The van der Waals surface area contributed by atoms with Gasteiger partial charge in [0.15, 0.2) is 5.96 Å². The van der Waals surface area contributed by atoms with Crippen molar-refractivity contribution in [2.24, 2.45) is 4.99 Å². The van der Waals surface area contributed by atoms with Gasteiger partial charge in [-0.1, -0.05) is 30.3 Å². The molecule has 1 heterocycles. The monoisotopic (exact) mass is 383 g/mol. The molecule has 2 aromatic rings. The Labute approximate surface area is 165 Å². The average molecular weight is 383 g/mol. The second kappa shape index (κ2) is 9.85. The highest BCUT2D eigenvalue weighted by atomic mass is 19.1. The van der Waals surface area contributed by atoms with Gasteiger partial charge < -0.3 is 15.5 Å². The molecule has 3 rings (SSSR count). The van der Waals surface area contributed by atoms with Crippen molar-refractivity contribution in [3.05, 3.63) is 66.0 Å². The molecule has 0 aromatic heterocycles. The quantitative estimate of drug-likeness (QED) is 0.614. The van der Waals surface area contributed by atoms with Crippen LogP contribution in [0.3, 0.4) is 0 Å². The molecule has 2 N–H and O–H groups in total. The maximum Gasteiger partial charge on any atom is 0.243 e. The summed E-state index contributed by atoms with van der Waals surface area (Å²) in [5.74, 6) is 0.187. The fourth-order valence-electron chi connectivity index (χ4n) is 3.19. The molecule has 0 aliphatic carbocycles. The maximum atomic E-state index is 12.9. The lowest BCUT2D eigenvalue weighted by atomic mass is 10.2. The van der Waals surface area contributed by atoms with E-state index in [9.17, 15) is 9.18 Å². The van der Waals surface area contributed by atoms with Crippen molar-refractivity contribution in [1.29, 1.82) is 0 Å². The SMILES string of the molecule is CN=C(NCC(=O)Nc1ccc(F)cc1)N1CCN(Cc2ccccc2)CC1. The van der Waals surface area contributed by atoms with Gasteiger partial charge >= 0.3 is 0 Å². The Hall–Kier alpha value is -2.93. The first kappa shape index (κ1) is 19.8. The largest absolute Gasteiger partial charge is 0.347 e. The van der Waals surface area contributed by atoms with E-state index in [1.54, 1.807) is 7.05 Å². The predicted octanol–water partition coefficient (Wildman–Crippen LogP) is 2.16. The lowest BCUT2D eigenvalue weighted by Crippen LogP contribution is -2.53. The number of guanidine groups is 1. The standard InChI is InChI=1S/C21H26FN5O/c1-23-21(24-15-20(28)25-19-9-7-18(22)8-10-19)27-13-11-26(12-14-27)16-17-5-3-2-4-6-17/h2-10H,11-16H2,1H3,(H,23,24)(H,25,28). The van der Waals surface area contributed by atoms with E-state index in [-0.39, 0.29) is 18.3 Å². The van der Waals surface area contributed by atoms with E-state index in [0.717, 1.165) is 32.7 Å². The van der Waals surface area contributed by atoms with Crippen LogP contribution in [0.2, 0.25) is 0 Å². The number of hydrogen-bond donors (Lipinski definition) is 2. The van der Waals surface area contributed by atoms with Gasteiger partial charge in [-0.05, 0) is 29.8 Å². The van der Waals surface area contributed by atoms with Crippen LogP contribution < -0.4 is 10.6 Å². The molecule has 1 aliphatic heterocycles. The van der Waals surface area contributed by atoms with Crippen LogP contribution in [0, 0.1) is 5.82 Å². The molecule has 0 bridgehead atoms. The summed E-state index contributed by atoms with van der Waals surface area (Å²) >= 11 is 0. The Morgan fingerprint density at radius 1 is 1.04 bits per heavy atom. The minimum Gasteiger partial charge on any atom is -0.347 e. The lowest BCUT2D eigenvalue weighted by Gasteiger charge is -2.36. The third-order valence-electron chi connectivity index (χ3n) is 4.67. The normalized spacial score (nSPS) is 15.4. The first-order valence-electron chi connectivity index (χ1n) is 9.41. The molecule has 0 saturated carbocycles. The van der Waals surface area contributed by atoms with Gasteiger partial charge in [-0.25, -0.2) is 4.39 Å². The Bertz CT molecular complexity index is 786. The number of amides is 1. The van der Waals surface area contributed by atoms with Crippen molar-refractivity contribution < 1.29 is 9.18 Å². The average Bonchev–Trinajstić information content (AvgIpc) is 2.72. The van der Waals surface area contributed by atoms with Gasteiger partial charge in [0.1, 0.15) is 5.82 Å². The second-order valence-corrected chi connectivity index (χ2v) is 6.70. The van der Waals surface area contributed by atoms with E-state index < -0.39 is 0 Å². The zero-order chi connectivity index (χ0) is 19.8. The third-order valence-corrected chi connectivity index (χ3v) is 4.67. The highest BCUT2D eigenvalue weighted by Crippen LogP contribution is 2.09. The van der Waals surface area contributed by atoms with E-state index in [4.69, 9.17) is 0 Å². The highest BCUT2D eigenvalue weighted by Gasteiger charge is 2.20. The summed E-state index contributed by atoms with van der Waals surface area (Å²) in [4.78, 5) is 21.0. The number of carbonyl (C=O) groups is 1. The number of benzene rings is 2. The molecule has 1 amide bonds. The number of rotatable bonds is 5. The van der Waals surface area contributed by atoms with Crippen LogP contribution in [0.5, 0.6) is 0 Å². The summed E-state index contributed by atoms with van der Waals surface area (Å²) in [5.41, 5.74) is 1.88. The second-order valence-electron chi connectivity index (χ2n) is 6.70. The Morgan fingerprint density at radius 2 is 1.71 bits per heavy atom. The summed E-state index contributed by atoms with van der Waals surface area (Å²) < 4.78 is 12.9. The van der Waals surface area contributed by atoms with Gasteiger partial charge in [0.05, 0.1) is 6.54 Å². The van der Waals surface area contributed by atoms with Crippen molar-refractivity contribution >= 4 is 17.6 Å². The molecule has 0 unspecified atom stereocenters. The number of anilines is 1. The highest BCUT2D eigenvalue weighted by molar-refractivity contribution is 5.95. The van der Waals surface area contributed by atoms with Gasteiger partial charge in [0.2, 0.25) is 5.91 Å². The molecule has 0 radical (unpaired) electrons.